The fourth-order valence-corrected chi connectivity index (χ4v) is 1.86. The van der Waals surface area contributed by atoms with E-state index in [1.807, 2.05) is 30.3 Å². The van der Waals surface area contributed by atoms with Gasteiger partial charge in [-0.3, -0.25) is 4.90 Å². The van der Waals surface area contributed by atoms with E-state index < -0.39 is 0 Å². The van der Waals surface area contributed by atoms with Crippen LogP contribution in [0.25, 0.3) is 0 Å². The van der Waals surface area contributed by atoms with Gasteiger partial charge in [0.2, 0.25) is 0 Å². The van der Waals surface area contributed by atoms with Crippen LogP contribution in [0.4, 0.5) is 10.6 Å². The molecule has 1 fully saturated rings. The number of hydrogen-bond donors (Lipinski definition) is 0. The van der Waals surface area contributed by atoms with Crippen LogP contribution in [0, 0.1) is 0 Å². The Labute approximate surface area is 104 Å². The van der Waals surface area contributed by atoms with Gasteiger partial charge in [0.15, 0.2) is 5.82 Å². The Kier molecular flexibility index (Phi) is 2.68. The van der Waals surface area contributed by atoms with E-state index in [-0.39, 0.29) is 6.09 Å². The lowest BCUT2D eigenvalue weighted by Gasteiger charge is -2.06. The summed E-state index contributed by atoms with van der Waals surface area (Å²) in [5.74, 6) is 0.536. The molecule has 0 atom stereocenters. The third-order valence-corrected chi connectivity index (χ3v) is 2.75. The third-order valence-electron chi connectivity index (χ3n) is 2.75. The lowest BCUT2D eigenvalue weighted by Crippen LogP contribution is -2.23. The number of nitrogens with zero attached hydrogens (tertiary/aromatic N) is 4. The minimum absolute atomic E-state index is 0.359. The predicted octanol–water partition coefficient (Wildman–Crippen LogP) is 1.28. The average molecular weight is 244 g/mol. The van der Waals surface area contributed by atoms with Gasteiger partial charge in [-0.1, -0.05) is 35.5 Å². The summed E-state index contributed by atoms with van der Waals surface area (Å²) in [7, 11) is 0. The number of hydrogen-bond acceptors (Lipinski definition) is 4. The molecule has 1 amide bonds. The second-order valence-electron chi connectivity index (χ2n) is 4.03. The van der Waals surface area contributed by atoms with Gasteiger partial charge in [-0.05, 0) is 5.56 Å². The van der Waals surface area contributed by atoms with Gasteiger partial charge in [-0.25, -0.2) is 9.48 Å². The van der Waals surface area contributed by atoms with Crippen molar-refractivity contribution in [2.75, 3.05) is 18.1 Å². The minimum atomic E-state index is -0.359. The number of ether oxygens (including phenoxy) is 1. The van der Waals surface area contributed by atoms with Crippen molar-refractivity contribution in [3.05, 3.63) is 42.1 Å². The fraction of sp³-hybridized carbons (Fsp3) is 0.250. The Morgan fingerprint density at radius 2 is 2.11 bits per heavy atom. The van der Waals surface area contributed by atoms with Gasteiger partial charge in [0.05, 0.1) is 19.3 Å². The van der Waals surface area contributed by atoms with Crippen molar-refractivity contribution < 1.29 is 9.53 Å². The standard InChI is InChI=1S/C12H12N4O2/c17-12-16(6-7-18-12)11-9-15(14-13-11)8-10-4-2-1-3-5-10/h1-5,9H,6-8H2. The molecule has 0 radical (unpaired) electrons. The highest BCUT2D eigenvalue weighted by molar-refractivity contribution is 5.87. The number of carbonyl (C=O) groups excluding carboxylic acids is 1. The summed E-state index contributed by atoms with van der Waals surface area (Å²) in [4.78, 5) is 12.8. The summed E-state index contributed by atoms with van der Waals surface area (Å²) < 4.78 is 6.56. The van der Waals surface area contributed by atoms with Crippen molar-refractivity contribution in [3.8, 4) is 0 Å². The second-order valence-corrected chi connectivity index (χ2v) is 4.03. The lowest BCUT2D eigenvalue weighted by molar-refractivity contribution is 0.181. The maximum Gasteiger partial charge on any atom is 0.415 e. The molecule has 0 N–H and O–H groups in total. The van der Waals surface area contributed by atoms with E-state index in [1.165, 1.54) is 4.90 Å². The molecule has 18 heavy (non-hydrogen) atoms. The summed E-state index contributed by atoms with van der Waals surface area (Å²) in [6.45, 7) is 1.57. The van der Waals surface area contributed by atoms with Gasteiger partial charge in [0.25, 0.3) is 0 Å². The van der Waals surface area contributed by atoms with Crippen LogP contribution in [0.2, 0.25) is 0 Å². The molecule has 1 aromatic carbocycles. The summed E-state index contributed by atoms with van der Waals surface area (Å²) in [5, 5.41) is 7.99. The third kappa shape index (κ3) is 2.04. The van der Waals surface area contributed by atoms with E-state index in [1.54, 1.807) is 10.9 Å². The van der Waals surface area contributed by atoms with E-state index in [9.17, 15) is 4.79 Å². The number of aromatic nitrogens is 3. The SMILES string of the molecule is O=C1OCCN1c1cn(Cc2ccccc2)nn1. The van der Waals surface area contributed by atoms with Crippen LogP contribution in [0.5, 0.6) is 0 Å². The Balaban J connectivity index is 1.76. The average Bonchev–Trinajstić information content (AvgIpc) is 2.99. The first-order valence-electron chi connectivity index (χ1n) is 5.71. The summed E-state index contributed by atoms with van der Waals surface area (Å²) in [5.41, 5.74) is 1.14. The second kappa shape index (κ2) is 4.48. The van der Waals surface area contributed by atoms with Crippen molar-refractivity contribution in [3.63, 3.8) is 0 Å². The Morgan fingerprint density at radius 3 is 2.83 bits per heavy atom. The van der Waals surface area contributed by atoms with Crippen LogP contribution in [-0.2, 0) is 11.3 Å². The van der Waals surface area contributed by atoms with Crippen LogP contribution in [0.3, 0.4) is 0 Å². The highest BCUT2D eigenvalue weighted by atomic mass is 16.6. The maximum absolute atomic E-state index is 11.4. The molecule has 1 aromatic heterocycles. The summed E-state index contributed by atoms with van der Waals surface area (Å²) in [6, 6.07) is 9.96. The van der Waals surface area contributed by atoms with E-state index in [0.717, 1.165) is 5.56 Å². The molecule has 0 saturated carbocycles. The smallest absolute Gasteiger partial charge is 0.415 e. The first-order valence-corrected chi connectivity index (χ1v) is 5.71. The molecule has 2 heterocycles. The molecular weight excluding hydrogens is 232 g/mol. The van der Waals surface area contributed by atoms with E-state index in [2.05, 4.69) is 10.3 Å². The molecule has 6 nitrogen and oxygen atoms in total. The minimum Gasteiger partial charge on any atom is -0.447 e. The van der Waals surface area contributed by atoms with Crippen LogP contribution < -0.4 is 4.90 Å². The van der Waals surface area contributed by atoms with E-state index >= 15 is 0 Å². The molecular formula is C12H12N4O2. The van der Waals surface area contributed by atoms with Crippen LogP contribution in [-0.4, -0.2) is 34.2 Å². The zero-order chi connectivity index (χ0) is 12.4. The first kappa shape index (κ1) is 10.8. The van der Waals surface area contributed by atoms with Crippen LogP contribution in [0.15, 0.2) is 36.5 Å². The normalized spacial score (nSPS) is 14.9. The molecule has 6 heteroatoms. The van der Waals surface area contributed by atoms with Crippen molar-refractivity contribution in [1.82, 2.24) is 15.0 Å². The lowest BCUT2D eigenvalue weighted by atomic mass is 10.2. The number of amides is 1. The molecule has 0 aliphatic carbocycles. The Bertz CT molecular complexity index is 552. The van der Waals surface area contributed by atoms with E-state index in [4.69, 9.17) is 4.74 Å². The first-order chi connectivity index (χ1) is 8.83. The van der Waals surface area contributed by atoms with Crippen LogP contribution in [0.1, 0.15) is 5.56 Å². The van der Waals surface area contributed by atoms with Crippen molar-refractivity contribution in [2.45, 2.75) is 6.54 Å². The molecule has 92 valence electrons. The van der Waals surface area contributed by atoms with Gasteiger partial charge in [-0.15, -0.1) is 5.10 Å². The maximum atomic E-state index is 11.4. The van der Waals surface area contributed by atoms with Gasteiger partial charge in [-0.2, -0.15) is 0 Å². The number of carbonyl (C=O) groups is 1. The van der Waals surface area contributed by atoms with Crippen molar-refractivity contribution >= 4 is 11.9 Å². The van der Waals surface area contributed by atoms with E-state index in [0.29, 0.717) is 25.5 Å². The topological polar surface area (TPSA) is 60.2 Å². The Morgan fingerprint density at radius 1 is 1.28 bits per heavy atom. The largest absolute Gasteiger partial charge is 0.447 e. The van der Waals surface area contributed by atoms with Gasteiger partial charge in [0, 0.05) is 0 Å². The number of rotatable bonds is 3. The molecule has 2 aromatic rings. The van der Waals surface area contributed by atoms with Gasteiger partial charge in [0.1, 0.15) is 6.61 Å². The predicted molar refractivity (Wildman–Crippen MR) is 64.3 cm³/mol. The molecule has 0 spiro atoms. The van der Waals surface area contributed by atoms with Crippen LogP contribution >= 0.6 is 0 Å². The molecule has 1 saturated heterocycles. The highest BCUT2D eigenvalue weighted by Gasteiger charge is 2.25. The molecule has 1 aliphatic rings. The number of benzene rings is 1. The summed E-state index contributed by atoms with van der Waals surface area (Å²) in [6.07, 6.45) is 1.39. The molecule has 1 aliphatic heterocycles. The fourth-order valence-electron chi connectivity index (χ4n) is 1.86. The highest BCUT2D eigenvalue weighted by Crippen LogP contribution is 2.15. The van der Waals surface area contributed by atoms with Crippen molar-refractivity contribution in [1.29, 1.82) is 0 Å². The van der Waals surface area contributed by atoms with Gasteiger partial charge >= 0.3 is 6.09 Å². The number of cyclic esters (lactones) is 1. The van der Waals surface area contributed by atoms with Gasteiger partial charge < -0.3 is 4.74 Å². The van der Waals surface area contributed by atoms with Crippen molar-refractivity contribution in [2.24, 2.45) is 0 Å². The number of anilines is 1. The zero-order valence-electron chi connectivity index (χ0n) is 9.69. The molecule has 0 bridgehead atoms. The molecule has 0 unspecified atom stereocenters. The quantitative estimate of drug-likeness (QED) is 0.816. The Hall–Kier alpha value is -2.37. The zero-order valence-corrected chi connectivity index (χ0v) is 9.69. The molecule has 3 rings (SSSR count). The summed E-state index contributed by atoms with van der Waals surface area (Å²) >= 11 is 0. The monoisotopic (exact) mass is 244 g/mol.